The molecule has 1 rings (SSSR count). The molecule has 0 spiro atoms. The van der Waals surface area contributed by atoms with Gasteiger partial charge < -0.3 is 14.8 Å². The number of ether oxygens (including phenoxy) is 2. The van der Waals surface area contributed by atoms with E-state index < -0.39 is 35.1 Å². The Morgan fingerprint density at radius 1 is 1.12 bits per heavy atom. The summed E-state index contributed by atoms with van der Waals surface area (Å²) in [5.41, 5.74) is -1.62. The first-order valence-corrected chi connectivity index (χ1v) is 7.74. The van der Waals surface area contributed by atoms with Crippen LogP contribution in [0.2, 0.25) is 0 Å². The molecule has 7 heteroatoms. The number of nitriles is 1. The van der Waals surface area contributed by atoms with Crippen molar-refractivity contribution in [1.29, 1.82) is 5.26 Å². The monoisotopic (exact) mass is 350 g/mol. The van der Waals surface area contributed by atoms with Gasteiger partial charge in [-0.25, -0.2) is 14.0 Å². The Bertz CT molecular complexity index is 696. The van der Waals surface area contributed by atoms with E-state index >= 15 is 0 Å². The summed E-state index contributed by atoms with van der Waals surface area (Å²) >= 11 is 0. The summed E-state index contributed by atoms with van der Waals surface area (Å²) < 4.78 is 24.7. The Morgan fingerprint density at radius 3 is 2.12 bits per heavy atom. The quantitative estimate of drug-likeness (QED) is 0.841. The molecular weight excluding hydrogens is 327 g/mol. The van der Waals surface area contributed by atoms with Crippen molar-refractivity contribution in [3.8, 4) is 6.07 Å². The lowest BCUT2D eigenvalue weighted by Gasteiger charge is -2.26. The second-order valence-electron chi connectivity index (χ2n) is 7.46. The lowest BCUT2D eigenvalue weighted by atomic mass is 10.0. The number of carbonyl (C=O) groups is 2. The molecule has 0 aliphatic heterocycles. The van der Waals surface area contributed by atoms with Crippen LogP contribution in [0.3, 0.4) is 0 Å². The van der Waals surface area contributed by atoms with Crippen LogP contribution in [0.1, 0.15) is 58.7 Å². The third-order valence-corrected chi connectivity index (χ3v) is 2.74. The standard InChI is InChI=1S/C18H23FN2O4/c1-17(2,3)24-15(22)14(21-16(23)25-18(4,5)6)12-8-7-11(10-20)9-13(12)19/h7-9,14H,1-6H3,(H,21,23). The zero-order valence-electron chi connectivity index (χ0n) is 15.3. The highest BCUT2D eigenvalue weighted by molar-refractivity contribution is 5.83. The number of halogens is 1. The third-order valence-electron chi connectivity index (χ3n) is 2.74. The van der Waals surface area contributed by atoms with Gasteiger partial charge in [-0.2, -0.15) is 5.26 Å². The minimum atomic E-state index is -1.40. The molecule has 0 saturated carbocycles. The molecule has 0 fully saturated rings. The minimum absolute atomic E-state index is 0.0986. The van der Waals surface area contributed by atoms with Crippen LogP contribution in [0.4, 0.5) is 9.18 Å². The van der Waals surface area contributed by atoms with Crippen LogP contribution in [-0.2, 0) is 14.3 Å². The number of hydrogen-bond acceptors (Lipinski definition) is 5. The lowest BCUT2D eigenvalue weighted by molar-refractivity contribution is -0.157. The normalized spacial score (nSPS) is 12.7. The fourth-order valence-electron chi connectivity index (χ4n) is 1.88. The number of carbonyl (C=O) groups excluding carboxylic acids is 2. The molecule has 0 heterocycles. The zero-order valence-corrected chi connectivity index (χ0v) is 15.3. The fourth-order valence-corrected chi connectivity index (χ4v) is 1.88. The molecule has 1 amide bonds. The molecule has 0 saturated heterocycles. The number of benzene rings is 1. The van der Waals surface area contributed by atoms with Crippen molar-refractivity contribution in [3.05, 3.63) is 35.1 Å². The van der Waals surface area contributed by atoms with Gasteiger partial charge in [0.1, 0.15) is 17.0 Å². The summed E-state index contributed by atoms with van der Waals surface area (Å²) in [4.78, 5) is 24.5. The van der Waals surface area contributed by atoms with E-state index in [0.29, 0.717) is 0 Å². The second kappa shape index (κ2) is 7.51. The summed E-state index contributed by atoms with van der Waals surface area (Å²) in [5, 5.41) is 11.2. The van der Waals surface area contributed by atoms with Crippen LogP contribution in [0.5, 0.6) is 0 Å². The maximum atomic E-state index is 14.3. The van der Waals surface area contributed by atoms with Gasteiger partial charge in [-0.1, -0.05) is 6.07 Å². The van der Waals surface area contributed by atoms with Crippen LogP contribution >= 0.6 is 0 Å². The van der Waals surface area contributed by atoms with Crippen molar-refractivity contribution >= 4 is 12.1 Å². The molecule has 25 heavy (non-hydrogen) atoms. The number of nitrogens with zero attached hydrogens (tertiary/aromatic N) is 1. The number of amides is 1. The predicted molar refractivity (Wildman–Crippen MR) is 89.1 cm³/mol. The average Bonchev–Trinajstić information content (AvgIpc) is 2.41. The van der Waals surface area contributed by atoms with E-state index in [1.54, 1.807) is 47.6 Å². The van der Waals surface area contributed by atoms with Gasteiger partial charge >= 0.3 is 12.1 Å². The minimum Gasteiger partial charge on any atom is -0.458 e. The van der Waals surface area contributed by atoms with Crippen molar-refractivity contribution in [2.24, 2.45) is 0 Å². The molecule has 1 aromatic rings. The molecule has 1 atom stereocenters. The Morgan fingerprint density at radius 2 is 1.68 bits per heavy atom. The maximum absolute atomic E-state index is 14.3. The Hall–Kier alpha value is -2.62. The number of rotatable bonds is 3. The highest BCUT2D eigenvalue weighted by Gasteiger charge is 2.31. The fraction of sp³-hybridized carbons (Fsp3) is 0.500. The summed E-state index contributed by atoms with van der Waals surface area (Å²) in [5.74, 6) is -1.63. The van der Waals surface area contributed by atoms with Gasteiger partial charge in [0.25, 0.3) is 0 Å². The van der Waals surface area contributed by atoms with Crippen LogP contribution < -0.4 is 5.32 Å². The first-order valence-electron chi connectivity index (χ1n) is 7.74. The molecule has 0 aliphatic rings. The van der Waals surface area contributed by atoms with Gasteiger partial charge in [0.15, 0.2) is 6.04 Å². The smallest absolute Gasteiger partial charge is 0.408 e. The molecule has 1 aromatic carbocycles. The van der Waals surface area contributed by atoms with E-state index in [9.17, 15) is 14.0 Å². The molecular formula is C18H23FN2O4. The number of nitrogens with one attached hydrogen (secondary N) is 1. The third kappa shape index (κ3) is 6.79. The highest BCUT2D eigenvalue weighted by atomic mass is 19.1. The number of alkyl carbamates (subject to hydrolysis) is 1. The van der Waals surface area contributed by atoms with E-state index in [2.05, 4.69) is 5.32 Å². The van der Waals surface area contributed by atoms with E-state index in [1.807, 2.05) is 0 Å². The first-order chi connectivity index (χ1) is 11.3. The van der Waals surface area contributed by atoms with Gasteiger partial charge in [-0.3, -0.25) is 0 Å². The second-order valence-corrected chi connectivity index (χ2v) is 7.46. The van der Waals surface area contributed by atoms with Gasteiger partial charge in [-0.05, 0) is 53.7 Å². The van der Waals surface area contributed by atoms with Gasteiger partial charge in [0, 0.05) is 5.56 Å². The molecule has 1 N–H and O–H groups in total. The Balaban J connectivity index is 3.18. The molecule has 136 valence electrons. The summed E-state index contributed by atoms with van der Waals surface area (Å²) in [7, 11) is 0. The lowest BCUT2D eigenvalue weighted by Crippen LogP contribution is -2.41. The van der Waals surface area contributed by atoms with Crippen LogP contribution in [-0.4, -0.2) is 23.3 Å². The highest BCUT2D eigenvalue weighted by Crippen LogP contribution is 2.23. The summed E-state index contributed by atoms with van der Waals surface area (Å²) in [6, 6.07) is 4.01. The van der Waals surface area contributed by atoms with Crippen molar-refractivity contribution < 1.29 is 23.5 Å². The molecule has 1 unspecified atom stereocenters. The van der Waals surface area contributed by atoms with Crippen LogP contribution in [0, 0.1) is 17.1 Å². The predicted octanol–water partition coefficient (Wildman–Crippen LogP) is 3.60. The first kappa shape index (κ1) is 20.4. The number of hydrogen-bond donors (Lipinski definition) is 1. The molecule has 0 aromatic heterocycles. The SMILES string of the molecule is CC(C)(C)OC(=O)NC(C(=O)OC(C)(C)C)c1ccc(C#N)cc1F. The van der Waals surface area contributed by atoms with E-state index in [4.69, 9.17) is 14.7 Å². The molecule has 6 nitrogen and oxygen atoms in total. The van der Waals surface area contributed by atoms with Crippen molar-refractivity contribution in [2.75, 3.05) is 0 Å². The Kier molecular flexibility index (Phi) is 6.14. The largest absolute Gasteiger partial charge is 0.458 e. The van der Waals surface area contributed by atoms with E-state index in [1.165, 1.54) is 12.1 Å². The summed E-state index contributed by atoms with van der Waals surface area (Å²) in [6.45, 7) is 9.96. The Labute approximate surface area is 146 Å². The van der Waals surface area contributed by atoms with Gasteiger partial charge in [0.05, 0.1) is 11.6 Å². The molecule has 0 aliphatic carbocycles. The van der Waals surface area contributed by atoms with Crippen molar-refractivity contribution in [3.63, 3.8) is 0 Å². The maximum Gasteiger partial charge on any atom is 0.408 e. The van der Waals surface area contributed by atoms with E-state index in [-0.39, 0.29) is 11.1 Å². The van der Waals surface area contributed by atoms with Crippen LogP contribution in [0.15, 0.2) is 18.2 Å². The average molecular weight is 350 g/mol. The molecule has 0 radical (unpaired) electrons. The topological polar surface area (TPSA) is 88.4 Å². The van der Waals surface area contributed by atoms with Gasteiger partial charge in [-0.15, -0.1) is 0 Å². The number of esters is 1. The van der Waals surface area contributed by atoms with Crippen molar-refractivity contribution in [1.82, 2.24) is 5.32 Å². The van der Waals surface area contributed by atoms with E-state index in [0.717, 1.165) is 6.07 Å². The summed E-state index contributed by atoms with van der Waals surface area (Å²) in [6.07, 6.45) is -0.882. The van der Waals surface area contributed by atoms with Crippen molar-refractivity contribution in [2.45, 2.75) is 58.8 Å². The van der Waals surface area contributed by atoms with Gasteiger partial charge in [0.2, 0.25) is 0 Å². The van der Waals surface area contributed by atoms with Crippen LogP contribution in [0.25, 0.3) is 0 Å². The molecule has 0 bridgehead atoms. The zero-order chi connectivity index (χ0) is 19.4.